The molecule has 5 nitrogen and oxygen atoms in total. The lowest BCUT2D eigenvalue weighted by Crippen LogP contribution is -2.09. The molecular weight excluding hydrogens is 219 g/mol. The van der Waals surface area contributed by atoms with Crippen LogP contribution in [0.25, 0.3) is 0 Å². The topological polar surface area (TPSA) is 61.8 Å². The van der Waals surface area contributed by atoms with Crippen molar-refractivity contribution in [3.8, 4) is 0 Å². The molecule has 0 aromatic heterocycles. The van der Waals surface area contributed by atoms with Gasteiger partial charge in [-0.1, -0.05) is 18.7 Å². The maximum absolute atomic E-state index is 11.8. The van der Waals surface area contributed by atoms with Crippen LogP contribution >= 0.6 is 7.60 Å². The summed E-state index contributed by atoms with van der Waals surface area (Å²) in [4.78, 5) is 11.3. The third-order valence-electron chi connectivity index (χ3n) is 1.21. The van der Waals surface area contributed by atoms with E-state index < -0.39 is 13.3 Å². The lowest BCUT2D eigenvalue weighted by atomic mass is 10.7. The Morgan fingerprint density at radius 3 is 2.33 bits per heavy atom. The maximum atomic E-state index is 11.8. The zero-order valence-electron chi connectivity index (χ0n) is 8.68. The minimum atomic E-state index is -3.84. The van der Waals surface area contributed by atoms with Gasteiger partial charge in [-0.25, -0.2) is 9.36 Å². The summed E-state index contributed by atoms with van der Waals surface area (Å²) in [6.07, 6.45) is 2.73. The highest BCUT2D eigenvalue weighted by Crippen LogP contribution is 2.49. The molecule has 86 valence electrons. The van der Waals surface area contributed by atoms with E-state index in [4.69, 9.17) is 9.05 Å². The number of rotatable bonds is 8. The molecule has 0 amide bonds. The monoisotopic (exact) mass is 234 g/mol. The second-order valence-electron chi connectivity index (χ2n) is 2.37. The molecule has 0 saturated carbocycles. The van der Waals surface area contributed by atoms with Crippen LogP contribution in [0.3, 0.4) is 0 Å². The van der Waals surface area contributed by atoms with Crippen molar-refractivity contribution in [2.45, 2.75) is 6.92 Å². The van der Waals surface area contributed by atoms with E-state index in [1.54, 1.807) is 6.92 Å². The van der Waals surface area contributed by atoms with Gasteiger partial charge in [-0.05, 0) is 6.92 Å². The van der Waals surface area contributed by atoms with E-state index in [0.29, 0.717) is 0 Å². The van der Waals surface area contributed by atoms with Gasteiger partial charge < -0.3 is 9.26 Å². The van der Waals surface area contributed by atoms with Gasteiger partial charge >= 0.3 is 13.3 Å². The summed E-state index contributed by atoms with van der Waals surface area (Å²) in [5.74, 6) is 0. The molecule has 0 bridgehead atoms. The molecule has 0 fully saturated rings. The minimum absolute atomic E-state index is 0.0344. The van der Waals surface area contributed by atoms with Crippen molar-refractivity contribution in [1.29, 1.82) is 0 Å². The van der Waals surface area contributed by atoms with Crippen molar-refractivity contribution >= 4 is 13.3 Å². The summed E-state index contributed by atoms with van der Waals surface area (Å²) < 4.78 is 25.9. The lowest BCUT2D eigenvalue weighted by molar-refractivity contribution is 0.159. The predicted molar refractivity (Wildman–Crippen MR) is 56.9 cm³/mol. The third kappa shape index (κ3) is 4.93. The molecule has 6 heteroatoms. The number of hydrogen-bond acceptors (Lipinski definition) is 5. The van der Waals surface area contributed by atoms with Gasteiger partial charge in [0.2, 0.25) is 0 Å². The highest BCUT2D eigenvalue weighted by molar-refractivity contribution is 7.71. The first kappa shape index (κ1) is 14.1. The van der Waals surface area contributed by atoms with Crippen molar-refractivity contribution in [2.24, 2.45) is 0 Å². The van der Waals surface area contributed by atoms with Crippen LogP contribution in [0, 0.1) is 0 Å². The smallest absolute Gasteiger partial charge is 0.438 e. The van der Waals surface area contributed by atoms with Crippen LogP contribution in [0.1, 0.15) is 6.92 Å². The first-order valence-corrected chi connectivity index (χ1v) is 5.93. The summed E-state index contributed by atoms with van der Waals surface area (Å²) in [5, 5.41) is 0. The molecule has 0 aromatic carbocycles. The van der Waals surface area contributed by atoms with Gasteiger partial charge in [-0.15, -0.1) is 6.58 Å². The first-order valence-electron chi connectivity index (χ1n) is 4.39. The number of carbonyl (C=O) groups is 1. The van der Waals surface area contributed by atoms with E-state index in [9.17, 15) is 9.36 Å². The van der Waals surface area contributed by atoms with Gasteiger partial charge in [-0.2, -0.15) is 0 Å². The van der Waals surface area contributed by atoms with Crippen molar-refractivity contribution in [3.05, 3.63) is 25.3 Å². The largest absolute Gasteiger partial charge is 0.452 e. The molecule has 0 aromatic rings. The normalized spacial score (nSPS) is 13.9. The van der Waals surface area contributed by atoms with Crippen molar-refractivity contribution < 1.29 is 23.1 Å². The molecule has 0 radical (unpaired) electrons. The molecule has 1 unspecified atom stereocenters. The fourth-order valence-corrected chi connectivity index (χ4v) is 1.83. The molecule has 1 atom stereocenters. The van der Waals surface area contributed by atoms with Gasteiger partial charge in [0.15, 0.2) is 0 Å². The summed E-state index contributed by atoms with van der Waals surface area (Å²) in [6.45, 7) is 8.35. The Balaban J connectivity index is 4.45. The van der Waals surface area contributed by atoms with Crippen LogP contribution in [0.2, 0.25) is 0 Å². The van der Waals surface area contributed by atoms with E-state index in [-0.39, 0.29) is 19.8 Å². The zero-order valence-corrected chi connectivity index (χ0v) is 9.57. The highest BCUT2D eigenvalue weighted by Gasteiger charge is 2.36. The molecule has 0 heterocycles. The van der Waals surface area contributed by atoms with Gasteiger partial charge in [0.25, 0.3) is 0 Å². The molecule has 0 rings (SSSR count). The standard InChI is InChI=1S/C9H15O5P/c1-4-7-12-9(10)15(11,13-6-3)14-8-5-2/h4-5H,1-2,6-8H2,3H3. The number of hydrogen-bond donors (Lipinski definition) is 0. The quantitative estimate of drug-likeness (QED) is 0.477. The van der Waals surface area contributed by atoms with Gasteiger partial charge in [0.05, 0.1) is 13.2 Å². The predicted octanol–water partition coefficient (Wildman–Crippen LogP) is 2.74. The fraction of sp³-hybridized carbons (Fsp3) is 0.444. The summed E-state index contributed by atoms with van der Waals surface area (Å²) in [5.41, 5.74) is -1.01. The Morgan fingerprint density at radius 1 is 1.27 bits per heavy atom. The Kier molecular flexibility index (Phi) is 6.96. The van der Waals surface area contributed by atoms with Crippen LogP contribution in [-0.2, 0) is 18.3 Å². The van der Waals surface area contributed by atoms with Gasteiger partial charge in [-0.3, -0.25) is 4.52 Å². The van der Waals surface area contributed by atoms with E-state index in [0.717, 1.165) is 0 Å². The first-order chi connectivity index (χ1) is 7.10. The average molecular weight is 234 g/mol. The zero-order chi connectivity index (χ0) is 11.7. The molecule has 0 aliphatic rings. The fourth-order valence-electron chi connectivity index (χ4n) is 0.673. The van der Waals surface area contributed by atoms with Crippen LogP contribution in [-0.4, -0.2) is 25.5 Å². The molecule has 0 aliphatic heterocycles. The lowest BCUT2D eigenvalue weighted by Gasteiger charge is -2.14. The van der Waals surface area contributed by atoms with Crippen LogP contribution in [0.5, 0.6) is 0 Å². The van der Waals surface area contributed by atoms with Gasteiger partial charge in [0.1, 0.15) is 6.61 Å². The Hall–Kier alpha value is -0.900. The summed E-state index contributed by atoms with van der Waals surface area (Å²) >= 11 is 0. The Morgan fingerprint density at radius 2 is 1.87 bits per heavy atom. The van der Waals surface area contributed by atoms with Crippen molar-refractivity contribution in [2.75, 3.05) is 19.8 Å². The SMILES string of the molecule is C=CCOC(=O)P(=O)(OCC)OCC=C. The molecular formula is C9H15O5P. The maximum Gasteiger partial charge on any atom is 0.438 e. The second-order valence-corrected chi connectivity index (χ2v) is 4.24. The average Bonchev–Trinajstić information content (AvgIpc) is 2.23. The second kappa shape index (κ2) is 7.40. The van der Waals surface area contributed by atoms with E-state index in [1.165, 1.54) is 12.2 Å². The van der Waals surface area contributed by atoms with Crippen LogP contribution in [0.15, 0.2) is 25.3 Å². The molecule has 0 saturated heterocycles. The van der Waals surface area contributed by atoms with E-state index >= 15 is 0 Å². The molecule has 0 aliphatic carbocycles. The van der Waals surface area contributed by atoms with Crippen LogP contribution < -0.4 is 0 Å². The van der Waals surface area contributed by atoms with Crippen LogP contribution in [0.4, 0.5) is 4.79 Å². The highest BCUT2D eigenvalue weighted by atomic mass is 31.2. The van der Waals surface area contributed by atoms with Gasteiger partial charge in [0, 0.05) is 0 Å². The molecule has 15 heavy (non-hydrogen) atoms. The van der Waals surface area contributed by atoms with Crippen molar-refractivity contribution in [3.63, 3.8) is 0 Å². The van der Waals surface area contributed by atoms with E-state index in [1.807, 2.05) is 0 Å². The Bertz CT molecular complexity index is 274. The summed E-state index contributed by atoms with van der Waals surface area (Å²) in [7, 11) is -3.84. The Labute approximate surface area is 89.2 Å². The molecule has 0 N–H and O–H groups in total. The van der Waals surface area contributed by atoms with Crippen molar-refractivity contribution in [1.82, 2.24) is 0 Å². The number of carbonyl (C=O) groups excluding carboxylic acids is 1. The molecule has 0 spiro atoms. The minimum Gasteiger partial charge on any atom is -0.452 e. The summed E-state index contributed by atoms with van der Waals surface area (Å²) in [6, 6.07) is 0. The third-order valence-corrected chi connectivity index (χ3v) is 2.87. The number of ether oxygens (including phenoxy) is 1. The van der Waals surface area contributed by atoms with E-state index in [2.05, 4.69) is 17.9 Å².